The van der Waals surface area contributed by atoms with Crippen LogP contribution in [0.1, 0.15) is 11.6 Å². The third-order valence-electron chi connectivity index (χ3n) is 2.02. The van der Waals surface area contributed by atoms with Gasteiger partial charge in [0.05, 0.1) is 16.6 Å². The fourth-order valence-corrected chi connectivity index (χ4v) is 1.32. The smallest absolute Gasteiger partial charge is 0.269 e. The van der Waals surface area contributed by atoms with Gasteiger partial charge in [0.25, 0.3) is 5.69 Å². The number of nitro benzene ring substituents is 1. The van der Waals surface area contributed by atoms with Gasteiger partial charge < -0.3 is 9.90 Å². The van der Waals surface area contributed by atoms with Crippen molar-refractivity contribution in [3.63, 3.8) is 0 Å². The number of non-ortho nitro benzene ring substituents is 1. The Balaban J connectivity index is 2.50. The van der Waals surface area contributed by atoms with Crippen molar-refractivity contribution in [2.45, 2.75) is 6.04 Å². The highest BCUT2D eigenvalue weighted by molar-refractivity contribution is 5.78. The monoisotopic (exact) mass is 206 g/mol. The molecule has 0 bridgehead atoms. The van der Waals surface area contributed by atoms with E-state index in [2.05, 4.69) is 10.2 Å². The largest absolute Gasteiger partial charge is 0.547 e. The molecule has 1 unspecified atom stereocenters. The van der Waals surface area contributed by atoms with Crippen LogP contribution in [-0.2, 0) is 4.79 Å². The number of carbonyl (C=O) groups is 1. The Labute approximate surface area is 83.2 Å². The first-order valence-electron chi connectivity index (χ1n) is 3.99. The second-order valence-electron chi connectivity index (χ2n) is 2.94. The van der Waals surface area contributed by atoms with Crippen molar-refractivity contribution >= 4 is 17.3 Å². The fourth-order valence-electron chi connectivity index (χ4n) is 1.32. The molecule has 0 fully saturated rings. The second-order valence-corrected chi connectivity index (χ2v) is 2.94. The Hall–Kier alpha value is -2.31. The molecule has 0 amide bonds. The van der Waals surface area contributed by atoms with Crippen molar-refractivity contribution in [3.05, 3.63) is 33.9 Å². The van der Waals surface area contributed by atoms with E-state index in [9.17, 15) is 20.0 Å². The Morgan fingerprint density at radius 3 is 2.80 bits per heavy atom. The Bertz CT molecular complexity index is 483. The zero-order chi connectivity index (χ0) is 11.0. The number of hydrogen-bond donors (Lipinski definition) is 0. The highest BCUT2D eigenvalue weighted by atomic mass is 16.6. The van der Waals surface area contributed by atoms with Crippen molar-refractivity contribution in [1.29, 1.82) is 0 Å². The molecule has 76 valence electrons. The number of benzene rings is 1. The zero-order valence-corrected chi connectivity index (χ0v) is 7.28. The summed E-state index contributed by atoms with van der Waals surface area (Å²) >= 11 is 0. The van der Waals surface area contributed by atoms with Gasteiger partial charge in [-0.15, -0.1) is 0 Å². The maximum absolute atomic E-state index is 10.6. The van der Waals surface area contributed by atoms with E-state index in [1.54, 1.807) is 0 Å². The van der Waals surface area contributed by atoms with Crippen molar-refractivity contribution in [2.24, 2.45) is 10.2 Å². The first-order chi connectivity index (χ1) is 7.09. The number of hydrogen-bond acceptors (Lipinski definition) is 6. The number of fused-ring (bicyclic) bond motifs is 1. The normalized spacial score (nSPS) is 17.5. The summed E-state index contributed by atoms with van der Waals surface area (Å²) in [6, 6.07) is 2.52. The molecule has 7 nitrogen and oxygen atoms in total. The van der Waals surface area contributed by atoms with Crippen LogP contribution in [0.15, 0.2) is 28.4 Å². The molecule has 15 heavy (non-hydrogen) atoms. The average molecular weight is 206 g/mol. The van der Waals surface area contributed by atoms with Crippen LogP contribution in [0.25, 0.3) is 0 Å². The van der Waals surface area contributed by atoms with Crippen molar-refractivity contribution in [1.82, 2.24) is 0 Å². The summed E-state index contributed by atoms with van der Waals surface area (Å²) in [5.74, 6) is -1.42. The number of carboxylic acids is 1. The van der Waals surface area contributed by atoms with Gasteiger partial charge >= 0.3 is 0 Å². The predicted molar refractivity (Wildman–Crippen MR) is 45.4 cm³/mol. The summed E-state index contributed by atoms with van der Waals surface area (Å²) < 4.78 is 0. The van der Waals surface area contributed by atoms with Crippen LogP contribution in [-0.4, -0.2) is 10.9 Å². The molecule has 1 aliphatic heterocycles. The third-order valence-corrected chi connectivity index (χ3v) is 2.02. The Kier molecular flexibility index (Phi) is 1.93. The van der Waals surface area contributed by atoms with Gasteiger partial charge in [0, 0.05) is 17.7 Å². The standard InChI is InChI=1S/C8H5N3O4/c12-8(13)7-5-3-4(11(14)15)1-2-6(5)9-10-7/h1-3,7H,(H,12,13)/p-1. The number of nitro groups is 1. The van der Waals surface area contributed by atoms with Gasteiger partial charge in [-0.1, -0.05) is 0 Å². The van der Waals surface area contributed by atoms with Gasteiger partial charge in [0.2, 0.25) is 0 Å². The van der Waals surface area contributed by atoms with E-state index in [0.717, 1.165) is 6.07 Å². The molecule has 0 saturated heterocycles. The van der Waals surface area contributed by atoms with Crippen LogP contribution in [0.5, 0.6) is 0 Å². The van der Waals surface area contributed by atoms with Crippen molar-refractivity contribution < 1.29 is 14.8 Å². The van der Waals surface area contributed by atoms with E-state index >= 15 is 0 Å². The van der Waals surface area contributed by atoms with E-state index in [-0.39, 0.29) is 11.3 Å². The van der Waals surface area contributed by atoms with Gasteiger partial charge in [0.1, 0.15) is 6.04 Å². The van der Waals surface area contributed by atoms with Gasteiger partial charge in [-0.3, -0.25) is 10.1 Å². The molecule has 1 atom stereocenters. The van der Waals surface area contributed by atoms with Gasteiger partial charge in [0.15, 0.2) is 0 Å². The topological polar surface area (TPSA) is 108 Å². The van der Waals surface area contributed by atoms with Gasteiger partial charge in [-0.2, -0.15) is 10.2 Å². The molecule has 7 heteroatoms. The van der Waals surface area contributed by atoms with Crippen LogP contribution in [0, 0.1) is 10.1 Å². The van der Waals surface area contributed by atoms with Crippen LogP contribution in [0.3, 0.4) is 0 Å². The predicted octanol–water partition coefficient (Wildman–Crippen LogP) is 0.483. The molecule has 1 heterocycles. The Morgan fingerprint density at radius 2 is 2.20 bits per heavy atom. The second kappa shape index (κ2) is 3.12. The molecule has 1 aromatic rings. The van der Waals surface area contributed by atoms with Crippen LogP contribution in [0.2, 0.25) is 0 Å². The minimum Gasteiger partial charge on any atom is -0.547 e. The molecule has 0 N–H and O–H groups in total. The first-order valence-corrected chi connectivity index (χ1v) is 3.99. The summed E-state index contributed by atoms with van der Waals surface area (Å²) in [7, 11) is 0. The van der Waals surface area contributed by atoms with E-state index in [1.807, 2.05) is 0 Å². The highest BCUT2D eigenvalue weighted by Gasteiger charge is 2.24. The molecule has 0 spiro atoms. The van der Waals surface area contributed by atoms with E-state index in [1.165, 1.54) is 12.1 Å². The van der Waals surface area contributed by atoms with E-state index in [0.29, 0.717) is 5.69 Å². The maximum atomic E-state index is 10.6. The number of aliphatic carboxylic acids is 1. The van der Waals surface area contributed by atoms with Crippen molar-refractivity contribution in [3.8, 4) is 0 Å². The number of carbonyl (C=O) groups excluding carboxylic acids is 1. The lowest BCUT2D eigenvalue weighted by molar-refractivity contribution is -0.384. The quantitative estimate of drug-likeness (QED) is 0.517. The SMILES string of the molecule is O=C([O-])C1N=Nc2ccc([N+](=O)[O-])cc21. The van der Waals surface area contributed by atoms with Gasteiger partial charge in [-0.05, 0) is 6.07 Å². The minimum absolute atomic E-state index is 0.188. The molecule has 0 saturated carbocycles. The first kappa shape index (κ1) is 9.25. The number of rotatable bonds is 2. The molecule has 0 aliphatic carbocycles. The van der Waals surface area contributed by atoms with Crippen LogP contribution < -0.4 is 5.11 Å². The third kappa shape index (κ3) is 1.43. The lowest BCUT2D eigenvalue weighted by Gasteiger charge is -2.07. The summed E-state index contributed by atoms with van der Waals surface area (Å²) in [6.07, 6.45) is 0. The summed E-state index contributed by atoms with van der Waals surface area (Å²) in [5, 5.41) is 28.1. The molecule has 1 aliphatic rings. The molecule has 0 aromatic heterocycles. The number of azo groups is 1. The maximum Gasteiger partial charge on any atom is 0.269 e. The summed E-state index contributed by atoms with van der Waals surface area (Å²) in [5.41, 5.74) is 0.339. The molecule has 1 aromatic carbocycles. The molecular formula is C8H4N3O4-. The summed E-state index contributed by atoms with van der Waals surface area (Å²) in [4.78, 5) is 20.5. The van der Waals surface area contributed by atoms with Crippen molar-refractivity contribution in [2.75, 3.05) is 0 Å². The molecule has 0 radical (unpaired) electrons. The highest BCUT2D eigenvalue weighted by Crippen LogP contribution is 2.37. The average Bonchev–Trinajstić information content (AvgIpc) is 2.59. The number of nitrogens with zero attached hydrogens (tertiary/aromatic N) is 3. The number of carboxylic acid groups (broad SMARTS) is 1. The molecule has 2 rings (SSSR count). The van der Waals surface area contributed by atoms with E-state index in [4.69, 9.17) is 0 Å². The van der Waals surface area contributed by atoms with E-state index < -0.39 is 16.9 Å². The van der Waals surface area contributed by atoms with Crippen LogP contribution in [0.4, 0.5) is 11.4 Å². The lowest BCUT2D eigenvalue weighted by Crippen LogP contribution is -2.27. The van der Waals surface area contributed by atoms with Crippen LogP contribution >= 0.6 is 0 Å². The fraction of sp³-hybridized carbons (Fsp3) is 0.125. The Morgan fingerprint density at radius 1 is 1.47 bits per heavy atom. The summed E-state index contributed by atoms with van der Waals surface area (Å²) in [6.45, 7) is 0. The van der Waals surface area contributed by atoms with Gasteiger partial charge in [-0.25, -0.2) is 0 Å². The minimum atomic E-state index is -1.42. The molecular weight excluding hydrogens is 202 g/mol. The zero-order valence-electron chi connectivity index (χ0n) is 7.28. The lowest BCUT2D eigenvalue weighted by atomic mass is 10.1.